The lowest BCUT2D eigenvalue weighted by Crippen LogP contribution is -2.36. The normalized spacial score (nSPS) is 21.5. The summed E-state index contributed by atoms with van der Waals surface area (Å²) in [5.41, 5.74) is 0.486. The maximum atomic E-state index is 11.1. The predicted molar refractivity (Wildman–Crippen MR) is 52.0 cm³/mol. The van der Waals surface area contributed by atoms with E-state index in [0.717, 1.165) is 0 Å². The maximum Gasteiger partial charge on any atom is 0.215 e. The molecule has 0 bridgehead atoms. The highest BCUT2D eigenvalue weighted by Crippen LogP contribution is 2.29. The predicted octanol–water partition coefficient (Wildman–Crippen LogP) is 0.167. The van der Waals surface area contributed by atoms with Gasteiger partial charge in [-0.15, -0.1) is 11.8 Å². The number of hydrogen-bond donors (Lipinski definition) is 1. The molecular weight excluding hydrogens is 188 g/mol. The topological polar surface area (TPSA) is 49.4 Å². The molecule has 0 spiro atoms. The van der Waals surface area contributed by atoms with Crippen LogP contribution in [0.25, 0.3) is 0 Å². The number of nitrogens with one attached hydrogen (secondary N) is 1. The van der Waals surface area contributed by atoms with Crippen LogP contribution in [-0.2, 0) is 9.59 Å². The van der Waals surface area contributed by atoms with E-state index in [1.165, 1.54) is 23.6 Å². The lowest BCUT2D eigenvalue weighted by atomic mass is 10.3. The molecule has 1 heterocycles. The van der Waals surface area contributed by atoms with Crippen LogP contribution in [0.3, 0.4) is 0 Å². The number of thioether (sulfide) groups is 1. The van der Waals surface area contributed by atoms with Gasteiger partial charge in [0.15, 0.2) is 5.78 Å². The van der Waals surface area contributed by atoms with Gasteiger partial charge in [0.25, 0.3) is 0 Å². The molecule has 1 unspecified atom stereocenters. The van der Waals surface area contributed by atoms with E-state index in [1.54, 1.807) is 5.41 Å². The van der Waals surface area contributed by atoms with Crippen molar-refractivity contribution in [1.82, 2.24) is 10.2 Å². The van der Waals surface area contributed by atoms with Crippen molar-refractivity contribution in [1.29, 1.82) is 0 Å². The molecule has 1 aliphatic rings. The van der Waals surface area contributed by atoms with E-state index in [9.17, 15) is 9.59 Å². The van der Waals surface area contributed by atoms with Crippen LogP contribution in [0.4, 0.5) is 0 Å². The lowest BCUT2D eigenvalue weighted by Gasteiger charge is -2.20. The smallest absolute Gasteiger partial charge is 0.215 e. The van der Waals surface area contributed by atoms with Crippen molar-refractivity contribution < 1.29 is 9.59 Å². The first-order valence-electron chi connectivity index (χ1n) is 3.95. The number of Topliss-reactive ketones (excluding diaryl/α,β-unsaturated/α-hetero) is 1. The van der Waals surface area contributed by atoms with Crippen LogP contribution in [0.2, 0.25) is 0 Å². The Bertz CT molecular complexity index is 253. The molecular formula is C8H12N2O2S. The van der Waals surface area contributed by atoms with E-state index < -0.39 is 0 Å². The number of hydrogen-bond acceptors (Lipinski definition) is 4. The summed E-state index contributed by atoms with van der Waals surface area (Å²) < 4.78 is 0. The number of carbonyl (C=O) groups is 2. The van der Waals surface area contributed by atoms with Gasteiger partial charge in [0.1, 0.15) is 0 Å². The van der Waals surface area contributed by atoms with Gasteiger partial charge in [0, 0.05) is 18.9 Å². The molecule has 0 aromatic heterocycles. The fraction of sp³-hybridized carbons (Fsp3) is 0.500. The Kier molecular flexibility index (Phi) is 3.50. The zero-order valence-corrected chi connectivity index (χ0v) is 8.43. The maximum absolute atomic E-state index is 11.1. The number of allylic oxidation sites excluding steroid dienone is 1. The number of carbonyl (C=O) groups excluding carboxylic acids is 2. The van der Waals surface area contributed by atoms with Gasteiger partial charge < -0.3 is 5.32 Å². The van der Waals surface area contributed by atoms with Crippen molar-refractivity contribution in [3.8, 4) is 0 Å². The average Bonchev–Trinajstić information content (AvgIpc) is 2.48. The van der Waals surface area contributed by atoms with E-state index in [4.69, 9.17) is 0 Å². The summed E-state index contributed by atoms with van der Waals surface area (Å²) in [6.45, 7) is 2.14. The molecule has 0 aliphatic carbocycles. The van der Waals surface area contributed by atoms with Crippen LogP contribution in [-0.4, -0.2) is 36.1 Å². The van der Waals surface area contributed by atoms with Gasteiger partial charge in [-0.05, 0) is 7.05 Å². The van der Waals surface area contributed by atoms with Gasteiger partial charge in [0.2, 0.25) is 6.41 Å². The molecule has 4 nitrogen and oxygen atoms in total. The Hall–Kier alpha value is -0.810. The highest BCUT2D eigenvalue weighted by atomic mass is 32.2. The summed E-state index contributed by atoms with van der Waals surface area (Å²) in [6.07, 6.45) is 0.704. The van der Waals surface area contributed by atoms with E-state index in [-0.39, 0.29) is 11.2 Å². The molecule has 5 heteroatoms. The van der Waals surface area contributed by atoms with Crippen molar-refractivity contribution in [3.63, 3.8) is 0 Å². The molecule has 72 valence electrons. The molecule has 1 atom stereocenters. The second kappa shape index (κ2) is 4.43. The average molecular weight is 200 g/mol. The van der Waals surface area contributed by atoms with Crippen LogP contribution in [0.1, 0.15) is 6.92 Å². The summed E-state index contributed by atoms with van der Waals surface area (Å²) in [5, 5.41) is 4.72. The van der Waals surface area contributed by atoms with Gasteiger partial charge in [-0.25, -0.2) is 0 Å². The molecule has 0 saturated heterocycles. The van der Waals surface area contributed by atoms with Crippen LogP contribution in [0, 0.1) is 0 Å². The second-order valence-corrected chi connectivity index (χ2v) is 3.77. The minimum absolute atomic E-state index is 0.0152. The van der Waals surface area contributed by atoms with Crippen molar-refractivity contribution >= 4 is 24.0 Å². The van der Waals surface area contributed by atoms with Gasteiger partial charge >= 0.3 is 0 Å². The number of rotatable bonds is 4. The van der Waals surface area contributed by atoms with Crippen molar-refractivity contribution in [3.05, 3.63) is 11.1 Å². The molecule has 1 amide bonds. The van der Waals surface area contributed by atoms with Gasteiger partial charge in [-0.1, -0.05) is 0 Å². The third kappa shape index (κ3) is 2.10. The molecule has 0 radical (unpaired) electrons. The summed E-state index contributed by atoms with van der Waals surface area (Å²) in [7, 11) is 1.81. The van der Waals surface area contributed by atoms with Crippen LogP contribution >= 0.6 is 11.8 Å². The number of ketones is 1. The minimum atomic E-state index is -0.0711. The van der Waals surface area contributed by atoms with Gasteiger partial charge in [-0.2, -0.15) is 0 Å². The SMILES string of the molecule is CNCC1SC=C(C(C)=O)N1C=O. The Morgan fingerprint density at radius 1 is 1.85 bits per heavy atom. The fourth-order valence-corrected chi connectivity index (χ4v) is 2.27. The Balaban J connectivity index is 2.70. The van der Waals surface area contributed by atoms with E-state index >= 15 is 0 Å². The Labute approximate surface area is 81.4 Å². The number of nitrogens with zero attached hydrogens (tertiary/aromatic N) is 1. The Morgan fingerprint density at radius 2 is 2.54 bits per heavy atom. The van der Waals surface area contributed by atoms with Crippen molar-refractivity contribution in [2.75, 3.05) is 13.6 Å². The molecule has 1 N–H and O–H groups in total. The van der Waals surface area contributed by atoms with Gasteiger partial charge in [0.05, 0.1) is 11.1 Å². The number of likely N-dealkylation sites (N-methyl/N-ethyl adjacent to an activating group) is 1. The quantitative estimate of drug-likeness (QED) is 0.657. The molecule has 0 aromatic carbocycles. The third-order valence-electron chi connectivity index (χ3n) is 1.78. The van der Waals surface area contributed by atoms with Crippen molar-refractivity contribution in [2.45, 2.75) is 12.3 Å². The largest absolute Gasteiger partial charge is 0.317 e. The van der Waals surface area contributed by atoms with E-state index in [1.807, 2.05) is 7.05 Å². The lowest BCUT2D eigenvalue weighted by molar-refractivity contribution is -0.122. The third-order valence-corrected chi connectivity index (χ3v) is 2.85. The summed E-state index contributed by atoms with van der Waals surface area (Å²) in [6, 6.07) is 0. The minimum Gasteiger partial charge on any atom is -0.317 e. The second-order valence-electron chi connectivity index (χ2n) is 2.72. The van der Waals surface area contributed by atoms with Gasteiger partial charge in [-0.3, -0.25) is 14.5 Å². The summed E-state index contributed by atoms with van der Waals surface area (Å²) in [4.78, 5) is 23.2. The highest BCUT2D eigenvalue weighted by molar-refractivity contribution is 8.03. The highest BCUT2D eigenvalue weighted by Gasteiger charge is 2.27. The first-order chi connectivity index (χ1) is 6.20. The van der Waals surface area contributed by atoms with Crippen molar-refractivity contribution in [2.24, 2.45) is 0 Å². The fourth-order valence-electron chi connectivity index (χ4n) is 1.14. The molecule has 0 fully saturated rings. The zero-order chi connectivity index (χ0) is 9.84. The summed E-state index contributed by atoms with van der Waals surface area (Å²) >= 11 is 1.49. The van der Waals surface area contributed by atoms with Crippen LogP contribution in [0.5, 0.6) is 0 Å². The number of amides is 1. The summed E-state index contributed by atoms with van der Waals surface area (Å²) in [5.74, 6) is -0.0711. The molecule has 0 aromatic rings. The Morgan fingerprint density at radius 3 is 3.00 bits per heavy atom. The first kappa shape index (κ1) is 10.3. The first-order valence-corrected chi connectivity index (χ1v) is 4.89. The zero-order valence-electron chi connectivity index (χ0n) is 7.61. The van der Waals surface area contributed by atoms with E-state index in [0.29, 0.717) is 18.7 Å². The monoisotopic (exact) mass is 200 g/mol. The molecule has 0 saturated carbocycles. The van der Waals surface area contributed by atoms with Crippen LogP contribution in [0.15, 0.2) is 11.1 Å². The van der Waals surface area contributed by atoms with E-state index in [2.05, 4.69) is 5.32 Å². The molecule has 13 heavy (non-hydrogen) atoms. The molecule has 1 aliphatic heterocycles. The standard InChI is InChI=1S/C8H12N2O2S/c1-6(12)7-4-13-8(3-9-2)10(7)5-11/h4-5,8-9H,3H2,1-2H3. The molecule has 1 rings (SSSR count). The van der Waals surface area contributed by atoms with Crippen LogP contribution < -0.4 is 5.32 Å².